The van der Waals surface area contributed by atoms with E-state index in [-0.39, 0.29) is 12.5 Å². The second kappa shape index (κ2) is 6.36. The van der Waals surface area contributed by atoms with Gasteiger partial charge in [-0.3, -0.25) is 4.79 Å². The van der Waals surface area contributed by atoms with Crippen LogP contribution in [0.2, 0.25) is 0 Å². The number of hydrogen-bond acceptors (Lipinski definition) is 4. The number of carbonyl (C=O) groups excluding carboxylic acids is 1. The summed E-state index contributed by atoms with van der Waals surface area (Å²) in [6.45, 7) is 3.18. The molecule has 0 rings (SSSR count). The fourth-order valence-corrected chi connectivity index (χ4v) is 1.15. The Morgan fingerprint density at radius 3 is 2.20 bits per heavy atom. The zero-order valence-electron chi connectivity index (χ0n) is 8.93. The van der Waals surface area contributed by atoms with Crippen molar-refractivity contribution in [2.24, 2.45) is 17.6 Å². The van der Waals surface area contributed by atoms with Gasteiger partial charge in [0.2, 0.25) is 5.91 Å². The van der Waals surface area contributed by atoms with Gasteiger partial charge in [-0.05, 0) is 5.92 Å². The summed E-state index contributed by atoms with van der Waals surface area (Å²) in [6.07, 6.45) is 0. The molecule has 0 aliphatic rings. The molecule has 0 saturated carbocycles. The van der Waals surface area contributed by atoms with Crippen molar-refractivity contribution in [3.8, 4) is 0 Å². The number of aliphatic carboxylic acids is 1. The maximum absolute atomic E-state index is 11.5. The SMILES string of the molecule is CC(C)C(CN)C(=O)NC(CO)C(=O)O. The van der Waals surface area contributed by atoms with E-state index in [1.807, 2.05) is 13.8 Å². The Morgan fingerprint density at radius 2 is 1.93 bits per heavy atom. The molecule has 2 atom stereocenters. The molecule has 0 aromatic carbocycles. The molecule has 5 N–H and O–H groups in total. The number of aliphatic hydroxyl groups is 1. The number of amides is 1. The van der Waals surface area contributed by atoms with Crippen LogP contribution in [0.25, 0.3) is 0 Å². The molecule has 0 aromatic rings. The molecule has 0 aromatic heterocycles. The van der Waals surface area contributed by atoms with Gasteiger partial charge in [0, 0.05) is 6.54 Å². The van der Waals surface area contributed by atoms with E-state index >= 15 is 0 Å². The van der Waals surface area contributed by atoms with E-state index < -0.39 is 30.4 Å². The van der Waals surface area contributed by atoms with Crippen molar-refractivity contribution in [1.82, 2.24) is 5.32 Å². The van der Waals surface area contributed by atoms with Crippen LogP contribution in [-0.2, 0) is 9.59 Å². The summed E-state index contributed by atoms with van der Waals surface area (Å²) in [5.74, 6) is -2.10. The molecule has 0 aliphatic carbocycles. The molecule has 0 radical (unpaired) electrons. The summed E-state index contributed by atoms with van der Waals surface area (Å²) in [5.41, 5.74) is 5.40. The first-order valence-electron chi connectivity index (χ1n) is 4.78. The van der Waals surface area contributed by atoms with E-state index in [0.29, 0.717) is 0 Å². The largest absolute Gasteiger partial charge is 0.480 e. The van der Waals surface area contributed by atoms with Gasteiger partial charge < -0.3 is 21.3 Å². The number of hydrogen-bond donors (Lipinski definition) is 4. The summed E-state index contributed by atoms with van der Waals surface area (Å²) in [7, 11) is 0. The standard InChI is InChI=1S/C9H18N2O4/c1-5(2)6(3-10)8(13)11-7(4-12)9(14)15/h5-7,12H,3-4,10H2,1-2H3,(H,11,13)(H,14,15). The molecule has 0 bridgehead atoms. The third-order valence-corrected chi connectivity index (χ3v) is 2.19. The van der Waals surface area contributed by atoms with E-state index in [9.17, 15) is 9.59 Å². The van der Waals surface area contributed by atoms with E-state index in [1.54, 1.807) is 0 Å². The van der Waals surface area contributed by atoms with Crippen molar-refractivity contribution in [1.29, 1.82) is 0 Å². The summed E-state index contributed by atoms with van der Waals surface area (Å²) in [6, 6.07) is -1.26. The predicted octanol–water partition coefficient (Wildman–Crippen LogP) is -1.22. The van der Waals surface area contributed by atoms with Gasteiger partial charge in [-0.15, -0.1) is 0 Å². The summed E-state index contributed by atoms with van der Waals surface area (Å²) in [4.78, 5) is 22.1. The first-order chi connectivity index (χ1) is 6.93. The van der Waals surface area contributed by atoms with Crippen molar-refractivity contribution in [3.63, 3.8) is 0 Å². The number of carboxylic acids is 1. The third-order valence-electron chi connectivity index (χ3n) is 2.19. The Balaban J connectivity index is 4.38. The molecule has 1 amide bonds. The molecule has 0 heterocycles. The molecule has 6 heteroatoms. The molecule has 0 aliphatic heterocycles. The Kier molecular flexibility index (Phi) is 5.88. The van der Waals surface area contributed by atoms with Gasteiger partial charge >= 0.3 is 5.97 Å². The minimum absolute atomic E-state index is 0.0307. The Labute approximate surface area is 88.5 Å². The monoisotopic (exact) mass is 218 g/mol. The van der Waals surface area contributed by atoms with Crippen LogP contribution < -0.4 is 11.1 Å². The van der Waals surface area contributed by atoms with E-state index in [4.69, 9.17) is 15.9 Å². The van der Waals surface area contributed by atoms with Gasteiger partial charge in [0.05, 0.1) is 12.5 Å². The van der Waals surface area contributed by atoms with Crippen molar-refractivity contribution >= 4 is 11.9 Å². The third kappa shape index (κ3) is 4.26. The zero-order chi connectivity index (χ0) is 12.0. The van der Waals surface area contributed by atoms with Gasteiger partial charge in [0.1, 0.15) is 6.04 Å². The summed E-state index contributed by atoms with van der Waals surface area (Å²) >= 11 is 0. The molecule has 15 heavy (non-hydrogen) atoms. The predicted molar refractivity (Wildman–Crippen MR) is 54.0 cm³/mol. The highest BCUT2D eigenvalue weighted by molar-refractivity contribution is 5.85. The van der Waals surface area contributed by atoms with Gasteiger partial charge in [0.25, 0.3) is 0 Å². The lowest BCUT2D eigenvalue weighted by Crippen LogP contribution is -2.48. The lowest BCUT2D eigenvalue weighted by atomic mass is 9.95. The average Bonchev–Trinajstić information content (AvgIpc) is 2.14. The maximum Gasteiger partial charge on any atom is 0.328 e. The number of nitrogens with two attached hydrogens (primary N) is 1. The number of nitrogens with one attached hydrogen (secondary N) is 1. The number of rotatable bonds is 6. The number of carboxylic acid groups (broad SMARTS) is 1. The van der Waals surface area contributed by atoms with Crippen molar-refractivity contribution in [2.75, 3.05) is 13.2 Å². The van der Waals surface area contributed by atoms with E-state index in [0.717, 1.165) is 0 Å². The second-order valence-electron chi connectivity index (χ2n) is 3.67. The average molecular weight is 218 g/mol. The van der Waals surface area contributed by atoms with Crippen LogP contribution >= 0.6 is 0 Å². The van der Waals surface area contributed by atoms with Crippen LogP contribution in [0, 0.1) is 11.8 Å². The van der Waals surface area contributed by atoms with E-state index in [2.05, 4.69) is 5.32 Å². The maximum atomic E-state index is 11.5. The molecular weight excluding hydrogens is 200 g/mol. The molecule has 2 unspecified atom stereocenters. The van der Waals surface area contributed by atoms with Gasteiger partial charge in [0.15, 0.2) is 0 Å². The minimum Gasteiger partial charge on any atom is -0.480 e. The molecular formula is C9H18N2O4. The molecule has 6 nitrogen and oxygen atoms in total. The van der Waals surface area contributed by atoms with Gasteiger partial charge in [-0.2, -0.15) is 0 Å². The molecule has 0 saturated heterocycles. The Morgan fingerprint density at radius 1 is 1.40 bits per heavy atom. The number of carbonyl (C=O) groups is 2. The fourth-order valence-electron chi connectivity index (χ4n) is 1.15. The summed E-state index contributed by atoms with van der Waals surface area (Å²) < 4.78 is 0. The van der Waals surface area contributed by atoms with Crippen molar-refractivity contribution in [2.45, 2.75) is 19.9 Å². The first-order valence-corrected chi connectivity index (χ1v) is 4.78. The van der Waals surface area contributed by atoms with Crippen LogP contribution in [0.15, 0.2) is 0 Å². The Bertz CT molecular complexity index is 230. The normalized spacial score (nSPS) is 14.7. The van der Waals surface area contributed by atoms with Gasteiger partial charge in [-0.25, -0.2) is 4.79 Å². The van der Waals surface area contributed by atoms with Gasteiger partial charge in [-0.1, -0.05) is 13.8 Å². The summed E-state index contributed by atoms with van der Waals surface area (Å²) in [5, 5.41) is 19.6. The fraction of sp³-hybridized carbons (Fsp3) is 0.778. The smallest absolute Gasteiger partial charge is 0.328 e. The van der Waals surface area contributed by atoms with Crippen LogP contribution in [0.3, 0.4) is 0 Å². The van der Waals surface area contributed by atoms with E-state index in [1.165, 1.54) is 0 Å². The second-order valence-corrected chi connectivity index (χ2v) is 3.67. The van der Waals surface area contributed by atoms with Crippen LogP contribution in [0.4, 0.5) is 0 Å². The highest BCUT2D eigenvalue weighted by Gasteiger charge is 2.25. The molecule has 0 fully saturated rings. The topological polar surface area (TPSA) is 113 Å². The first kappa shape index (κ1) is 13.9. The molecule has 88 valence electrons. The minimum atomic E-state index is -1.26. The van der Waals surface area contributed by atoms with Crippen molar-refractivity contribution < 1.29 is 19.8 Å². The zero-order valence-corrected chi connectivity index (χ0v) is 8.93. The lowest BCUT2D eigenvalue weighted by Gasteiger charge is -2.20. The molecule has 0 spiro atoms. The number of aliphatic hydroxyl groups excluding tert-OH is 1. The van der Waals surface area contributed by atoms with Crippen LogP contribution in [0.5, 0.6) is 0 Å². The van der Waals surface area contributed by atoms with Crippen LogP contribution in [-0.4, -0.2) is 41.3 Å². The van der Waals surface area contributed by atoms with Crippen LogP contribution in [0.1, 0.15) is 13.8 Å². The highest BCUT2D eigenvalue weighted by atomic mass is 16.4. The van der Waals surface area contributed by atoms with Crippen molar-refractivity contribution in [3.05, 3.63) is 0 Å². The highest BCUT2D eigenvalue weighted by Crippen LogP contribution is 2.09. The lowest BCUT2D eigenvalue weighted by molar-refractivity contribution is -0.143. The quantitative estimate of drug-likeness (QED) is 0.446. The Hall–Kier alpha value is -1.14.